The number of benzene rings is 1. The van der Waals surface area contributed by atoms with Crippen molar-refractivity contribution in [3.63, 3.8) is 0 Å². The highest BCUT2D eigenvalue weighted by molar-refractivity contribution is 7.17. The molecule has 0 amide bonds. The SMILES string of the molecule is CCCc1nc(NCC)c2c(-c3ccccc3)csc2n1. The number of hydrogen-bond donors (Lipinski definition) is 1. The molecule has 3 aromatic rings. The van der Waals surface area contributed by atoms with Gasteiger partial charge in [0.15, 0.2) is 0 Å². The van der Waals surface area contributed by atoms with E-state index in [1.165, 1.54) is 11.1 Å². The fraction of sp³-hybridized carbons (Fsp3) is 0.294. The summed E-state index contributed by atoms with van der Waals surface area (Å²) in [6.07, 6.45) is 1.99. The zero-order valence-corrected chi connectivity index (χ0v) is 13.2. The molecule has 0 aliphatic heterocycles. The van der Waals surface area contributed by atoms with Gasteiger partial charge in [0.05, 0.1) is 5.39 Å². The Morgan fingerprint density at radius 3 is 2.62 bits per heavy atom. The van der Waals surface area contributed by atoms with E-state index in [0.717, 1.165) is 41.2 Å². The first kappa shape index (κ1) is 14.0. The van der Waals surface area contributed by atoms with Crippen molar-refractivity contribution in [3.8, 4) is 11.1 Å². The van der Waals surface area contributed by atoms with Crippen LogP contribution in [0.15, 0.2) is 35.7 Å². The lowest BCUT2D eigenvalue weighted by atomic mass is 10.1. The quantitative estimate of drug-likeness (QED) is 0.739. The maximum Gasteiger partial charge on any atom is 0.139 e. The number of aryl methyl sites for hydroxylation is 1. The zero-order chi connectivity index (χ0) is 14.7. The number of fused-ring (bicyclic) bond motifs is 1. The second-order valence-corrected chi connectivity index (χ2v) is 5.82. The van der Waals surface area contributed by atoms with Gasteiger partial charge in [0, 0.05) is 23.9 Å². The Balaban J connectivity index is 2.19. The van der Waals surface area contributed by atoms with Crippen molar-refractivity contribution in [2.75, 3.05) is 11.9 Å². The third kappa shape index (κ3) is 2.76. The Hall–Kier alpha value is -1.94. The van der Waals surface area contributed by atoms with Crippen LogP contribution in [0, 0.1) is 0 Å². The molecule has 2 aromatic heterocycles. The van der Waals surface area contributed by atoms with Crippen molar-refractivity contribution in [3.05, 3.63) is 41.5 Å². The molecule has 4 heteroatoms. The molecule has 0 radical (unpaired) electrons. The first-order valence-corrected chi connectivity index (χ1v) is 8.28. The third-order valence-corrected chi connectivity index (χ3v) is 4.25. The highest BCUT2D eigenvalue weighted by Gasteiger charge is 2.14. The highest BCUT2D eigenvalue weighted by atomic mass is 32.1. The van der Waals surface area contributed by atoms with Crippen molar-refractivity contribution in [2.24, 2.45) is 0 Å². The standard InChI is InChI=1S/C17H19N3S/c1-3-8-14-19-16(18-4-2)15-13(11-21-17(15)20-14)12-9-6-5-7-10-12/h5-7,9-11H,3-4,8H2,1-2H3,(H,18,19,20). The van der Waals surface area contributed by atoms with Crippen LogP contribution in [0.2, 0.25) is 0 Å². The molecule has 0 atom stereocenters. The van der Waals surface area contributed by atoms with Gasteiger partial charge in [-0.2, -0.15) is 0 Å². The van der Waals surface area contributed by atoms with E-state index in [4.69, 9.17) is 9.97 Å². The topological polar surface area (TPSA) is 37.8 Å². The summed E-state index contributed by atoms with van der Waals surface area (Å²) in [6.45, 7) is 5.12. The van der Waals surface area contributed by atoms with Gasteiger partial charge in [0.1, 0.15) is 16.5 Å². The maximum absolute atomic E-state index is 4.72. The summed E-state index contributed by atoms with van der Waals surface area (Å²) in [6, 6.07) is 10.4. The minimum Gasteiger partial charge on any atom is -0.370 e. The predicted octanol–water partition coefficient (Wildman–Crippen LogP) is 4.74. The largest absolute Gasteiger partial charge is 0.370 e. The summed E-state index contributed by atoms with van der Waals surface area (Å²) in [5, 5.41) is 6.73. The summed E-state index contributed by atoms with van der Waals surface area (Å²) >= 11 is 1.70. The van der Waals surface area contributed by atoms with E-state index in [9.17, 15) is 0 Å². The van der Waals surface area contributed by atoms with Gasteiger partial charge in [-0.1, -0.05) is 37.3 Å². The number of hydrogen-bond acceptors (Lipinski definition) is 4. The third-order valence-electron chi connectivity index (χ3n) is 3.38. The molecule has 21 heavy (non-hydrogen) atoms. The van der Waals surface area contributed by atoms with E-state index in [1.807, 2.05) is 6.07 Å². The Morgan fingerprint density at radius 1 is 1.10 bits per heavy atom. The first-order chi connectivity index (χ1) is 10.3. The zero-order valence-electron chi connectivity index (χ0n) is 12.4. The maximum atomic E-state index is 4.72. The van der Waals surface area contributed by atoms with Crippen molar-refractivity contribution in [2.45, 2.75) is 26.7 Å². The second-order valence-electron chi connectivity index (χ2n) is 4.96. The highest BCUT2D eigenvalue weighted by Crippen LogP contribution is 2.36. The van der Waals surface area contributed by atoms with Crippen LogP contribution < -0.4 is 5.32 Å². The number of rotatable bonds is 5. The van der Waals surface area contributed by atoms with Gasteiger partial charge in [-0.3, -0.25) is 0 Å². The number of thiophene rings is 1. The normalized spacial score (nSPS) is 11.0. The summed E-state index contributed by atoms with van der Waals surface area (Å²) in [5.74, 6) is 1.90. The monoisotopic (exact) mass is 297 g/mol. The summed E-state index contributed by atoms with van der Waals surface area (Å²) in [4.78, 5) is 10.5. The molecular weight excluding hydrogens is 278 g/mol. The minimum absolute atomic E-state index is 0.863. The van der Waals surface area contributed by atoms with Crippen LogP contribution in [-0.4, -0.2) is 16.5 Å². The molecule has 0 aliphatic carbocycles. The molecule has 0 aliphatic rings. The van der Waals surface area contributed by atoms with Crippen LogP contribution in [0.25, 0.3) is 21.3 Å². The van der Waals surface area contributed by atoms with Crippen molar-refractivity contribution in [1.82, 2.24) is 9.97 Å². The molecule has 2 heterocycles. The Bertz CT molecular complexity index is 734. The number of aromatic nitrogens is 2. The van der Waals surface area contributed by atoms with Crippen molar-refractivity contribution >= 4 is 27.4 Å². The number of nitrogens with one attached hydrogen (secondary N) is 1. The van der Waals surface area contributed by atoms with Gasteiger partial charge in [-0.15, -0.1) is 11.3 Å². The Labute approximate surface area is 129 Å². The number of anilines is 1. The van der Waals surface area contributed by atoms with Gasteiger partial charge in [-0.05, 0) is 18.9 Å². The summed E-state index contributed by atoms with van der Waals surface area (Å²) in [5.41, 5.74) is 2.43. The van der Waals surface area contributed by atoms with E-state index < -0.39 is 0 Å². The Kier molecular flexibility index (Phi) is 4.15. The lowest BCUT2D eigenvalue weighted by Gasteiger charge is -2.08. The number of nitrogens with zero attached hydrogens (tertiary/aromatic N) is 2. The van der Waals surface area contributed by atoms with E-state index >= 15 is 0 Å². The molecular formula is C17H19N3S. The smallest absolute Gasteiger partial charge is 0.139 e. The molecule has 3 rings (SSSR count). The van der Waals surface area contributed by atoms with E-state index in [1.54, 1.807) is 11.3 Å². The van der Waals surface area contributed by atoms with E-state index in [0.29, 0.717) is 0 Å². The van der Waals surface area contributed by atoms with Crippen LogP contribution in [0.5, 0.6) is 0 Å². The predicted molar refractivity (Wildman–Crippen MR) is 91.0 cm³/mol. The molecule has 0 saturated heterocycles. The molecule has 108 valence electrons. The van der Waals surface area contributed by atoms with Gasteiger partial charge in [-0.25, -0.2) is 9.97 Å². The Morgan fingerprint density at radius 2 is 1.90 bits per heavy atom. The molecule has 1 aromatic carbocycles. The average molecular weight is 297 g/mol. The molecule has 3 nitrogen and oxygen atoms in total. The van der Waals surface area contributed by atoms with Gasteiger partial charge >= 0.3 is 0 Å². The van der Waals surface area contributed by atoms with Crippen LogP contribution in [0.3, 0.4) is 0 Å². The van der Waals surface area contributed by atoms with Crippen molar-refractivity contribution < 1.29 is 0 Å². The van der Waals surface area contributed by atoms with Gasteiger partial charge < -0.3 is 5.32 Å². The summed E-state index contributed by atoms with van der Waals surface area (Å²) in [7, 11) is 0. The van der Waals surface area contributed by atoms with Crippen LogP contribution in [0.4, 0.5) is 5.82 Å². The van der Waals surface area contributed by atoms with Gasteiger partial charge in [0.25, 0.3) is 0 Å². The molecule has 0 spiro atoms. The molecule has 0 bridgehead atoms. The lowest BCUT2D eigenvalue weighted by molar-refractivity contribution is 0.846. The first-order valence-electron chi connectivity index (χ1n) is 7.40. The van der Waals surface area contributed by atoms with Crippen LogP contribution in [0.1, 0.15) is 26.1 Å². The second kappa shape index (κ2) is 6.22. The lowest BCUT2D eigenvalue weighted by Crippen LogP contribution is -2.04. The van der Waals surface area contributed by atoms with Crippen molar-refractivity contribution in [1.29, 1.82) is 0 Å². The van der Waals surface area contributed by atoms with E-state index in [2.05, 4.69) is 48.8 Å². The van der Waals surface area contributed by atoms with Crippen LogP contribution in [-0.2, 0) is 6.42 Å². The fourth-order valence-corrected chi connectivity index (χ4v) is 3.41. The average Bonchev–Trinajstić information content (AvgIpc) is 2.93. The summed E-state index contributed by atoms with van der Waals surface area (Å²) < 4.78 is 0. The fourth-order valence-electron chi connectivity index (χ4n) is 2.45. The molecule has 0 saturated carbocycles. The molecule has 1 N–H and O–H groups in total. The molecule has 0 unspecified atom stereocenters. The van der Waals surface area contributed by atoms with E-state index in [-0.39, 0.29) is 0 Å². The molecule has 0 fully saturated rings. The van der Waals surface area contributed by atoms with Crippen LogP contribution >= 0.6 is 11.3 Å². The van der Waals surface area contributed by atoms with Gasteiger partial charge in [0.2, 0.25) is 0 Å². The minimum atomic E-state index is 0.863.